The molecule has 2 aromatic rings. The summed E-state index contributed by atoms with van der Waals surface area (Å²) in [6.07, 6.45) is 0. The normalized spacial score (nSPS) is 12.3. The van der Waals surface area contributed by atoms with Crippen molar-refractivity contribution < 1.29 is 17.6 Å². The molecular weight excluding hydrogens is 390 g/mol. The monoisotopic (exact) mass is 421 g/mol. The van der Waals surface area contributed by atoms with Gasteiger partial charge in [-0.05, 0) is 57.1 Å². The van der Waals surface area contributed by atoms with Gasteiger partial charge in [0.1, 0.15) is 0 Å². The highest BCUT2D eigenvalue weighted by Gasteiger charge is 2.26. The first-order valence-corrected chi connectivity index (χ1v) is 11.2. The number of hydrogen-bond donors (Lipinski definition) is 2. The molecule has 1 aromatic carbocycles. The predicted octanol–water partition coefficient (Wildman–Crippen LogP) is 3.13. The van der Waals surface area contributed by atoms with E-state index in [1.807, 2.05) is 18.2 Å². The molecule has 160 valence electrons. The Labute approximate surface area is 173 Å². The number of furan rings is 1. The van der Waals surface area contributed by atoms with Gasteiger partial charge in [0.2, 0.25) is 5.09 Å². The Balaban J connectivity index is 2.07. The molecule has 0 spiro atoms. The summed E-state index contributed by atoms with van der Waals surface area (Å²) in [6.45, 7) is 12.5. The van der Waals surface area contributed by atoms with Crippen molar-refractivity contribution in [2.45, 2.75) is 58.3 Å². The van der Waals surface area contributed by atoms with Crippen LogP contribution in [0.3, 0.4) is 0 Å². The standard InChI is InChI=1S/C21H31N3O4S/c1-6-24(7-2)15-17-11-9-8-10-16(17)14-22-20(25)18-12-13-19(28-18)29(26,27)23-21(3,4)5/h8-13,23H,6-7,14-15H2,1-5H3,(H,22,25). The van der Waals surface area contributed by atoms with E-state index in [1.165, 1.54) is 12.1 Å². The van der Waals surface area contributed by atoms with E-state index < -0.39 is 21.5 Å². The highest BCUT2D eigenvalue weighted by atomic mass is 32.2. The Morgan fingerprint density at radius 1 is 1.03 bits per heavy atom. The lowest BCUT2D eigenvalue weighted by atomic mass is 10.1. The molecule has 0 fully saturated rings. The number of rotatable bonds is 9. The Bertz CT molecular complexity index is 925. The number of sulfonamides is 1. The summed E-state index contributed by atoms with van der Waals surface area (Å²) in [7, 11) is -3.83. The predicted molar refractivity (Wildman–Crippen MR) is 113 cm³/mol. The molecular formula is C21H31N3O4S. The van der Waals surface area contributed by atoms with Gasteiger partial charge >= 0.3 is 0 Å². The van der Waals surface area contributed by atoms with Crippen molar-refractivity contribution in [3.8, 4) is 0 Å². The molecule has 0 aliphatic rings. The lowest BCUT2D eigenvalue weighted by Gasteiger charge is -2.20. The maximum atomic E-state index is 12.5. The zero-order chi connectivity index (χ0) is 21.7. The molecule has 7 nitrogen and oxygen atoms in total. The third kappa shape index (κ3) is 6.69. The first-order valence-electron chi connectivity index (χ1n) is 9.77. The van der Waals surface area contributed by atoms with Gasteiger partial charge < -0.3 is 9.73 Å². The second kappa shape index (κ2) is 9.56. The van der Waals surface area contributed by atoms with Gasteiger partial charge in [0.25, 0.3) is 15.9 Å². The van der Waals surface area contributed by atoms with Crippen LogP contribution < -0.4 is 10.0 Å². The fourth-order valence-corrected chi connectivity index (χ4v) is 4.23. The quantitative estimate of drug-likeness (QED) is 0.649. The molecule has 29 heavy (non-hydrogen) atoms. The summed E-state index contributed by atoms with van der Waals surface area (Å²) >= 11 is 0. The van der Waals surface area contributed by atoms with Crippen LogP contribution in [0.25, 0.3) is 0 Å². The SMILES string of the molecule is CCN(CC)Cc1ccccc1CNC(=O)c1ccc(S(=O)(=O)NC(C)(C)C)o1. The number of nitrogens with one attached hydrogen (secondary N) is 2. The largest absolute Gasteiger partial charge is 0.438 e. The van der Waals surface area contributed by atoms with Crippen molar-refractivity contribution in [1.82, 2.24) is 14.9 Å². The van der Waals surface area contributed by atoms with Crippen LogP contribution in [0.4, 0.5) is 0 Å². The van der Waals surface area contributed by atoms with Crippen molar-refractivity contribution >= 4 is 15.9 Å². The lowest BCUT2D eigenvalue weighted by molar-refractivity contribution is 0.0917. The van der Waals surface area contributed by atoms with E-state index in [0.717, 1.165) is 30.8 Å². The second-order valence-corrected chi connectivity index (χ2v) is 9.50. The minimum Gasteiger partial charge on any atom is -0.438 e. The number of benzene rings is 1. The average molecular weight is 422 g/mol. The first kappa shape index (κ1) is 23.1. The van der Waals surface area contributed by atoms with E-state index in [9.17, 15) is 13.2 Å². The number of hydrogen-bond acceptors (Lipinski definition) is 5. The molecule has 8 heteroatoms. The molecule has 0 aliphatic carbocycles. The molecule has 0 bridgehead atoms. The maximum Gasteiger partial charge on any atom is 0.287 e. The molecule has 0 radical (unpaired) electrons. The Hall–Kier alpha value is -2.16. The summed E-state index contributed by atoms with van der Waals surface area (Å²) < 4.78 is 32.5. The van der Waals surface area contributed by atoms with Crippen LogP contribution in [0.15, 0.2) is 45.9 Å². The van der Waals surface area contributed by atoms with Crippen molar-refractivity contribution in [3.05, 3.63) is 53.3 Å². The van der Waals surface area contributed by atoms with Crippen LogP contribution in [0, 0.1) is 0 Å². The van der Waals surface area contributed by atoms with Crippen molar-refractivity contribution in [1.29, 1.82) is 0 Å². The molecule has 1 aromatic heterocycles. The Kier molecular flexibility index (Phi) is 7.62. The van der Waals surface area contributed by atoms with Crippen molar-refractivity contribution in [2.75, 3.05) is 13.1 Å². The van der Waals surface area contributed by atoms with Crippen molar-refractivity contribution in [2.24, 2.45) is 0 Å². The van der Waals surface area contributed by atoms with Gasteiger partial charge in [0, 0.05) is 18.6 Å². The number of nitrogens with zero attached hydrogens (tertiary/aromatic N) is 1. The van der Waals surface area contributed by atoms with Gasteiger partial charge in [-0.3, -0.25) is 9.69 Å². The van der Waals surface area contributed by atoms with Gasteiger partial charge in [-0.2, -0.15) is 0 Å². The molecule has 2 rings (SSSR count). The van der Waals surface area contributed by atoms with E-state index in [1.54, 1.807) is 20.8 Å². The molecule has 0 saturated carbocycles. The molecule has 2 N–H and O–H groups in total. The summed E-state index contributed by atoms with van der Waals surface area (Å²) in [5.74, 6) is -0.500. The lowest BCUT2D eigenvalue weighted by Crippen LogP contribution is -2.40. The summed E-state index contributed by atoms with van der Waals surface area (Å²) in [5.41, 5.74) is 1.51. The smallest absolute Gasteiger partial charge is 0.287 e. The van der Waals surface area contributed by atoms with E-state index >= 15 is 0 Å². The number of amides is 1. The fourth-order valence-electron chi connectivity index (χ4n) is 2.87. The summed E-state index contributed by atoms with van der Waals surface area (Å²) in [6, 6.07) is 10.6. The average Bonchev–Trinajstić information content (AvgIpc) is 3.14. The topological polar surface area (TPSA) is 91.7 Å². The van der Waals surface area contributed by atoms with Crippen LogP contribution in [0.5, 0.6) is 0 Å². The first-order chi connectivity index (χ1) is 13.6. The number of carbonyl (C=O) groups excluding carboxylic acids is 1. The molecule has 0 unspecified atom stereocenters. The summed E-state index contributed by atoms with van der Waals surface area (Å²) in [4.78, 5) is 14.8. The highest BCUT2D eigenvalue weighted by molar-refractivity contribution is 7.89. The zero-order valence-electron chi connectivity index (χ0n) is 17.8. The molecule has 0 atom stereocenters. The van der Waals surface area contributed by atoms with Crippen LogP contribution in [0.2, 0.25) is 0 Å². The Morgan fingerprint density at radius 3 is 2.24 bits per heavy atom. The third-order valence-electron chi connectivity index (χ3n) is 4.36. The van der Waals surface area contributed by atoms with E-state index in [4.69, 9.17) is 4.42 Å². The van der Waals surface area contributed by atoms with Crippen LogP contribution in [0.1, 0.15) is 56.3 Å². The second-order valence-electron chi connectivity index (χ2n) is 7.89. The highest BCUT2D eigenvalue weighted by Crippen LogP contribution is 2.17. The van der Waals surface area contributed by atoms with Gasteiger partial charge in [0.15, 0.2) is 5.76 Å². The third-order valence-corrected chi connectivity index (χ3v) is 5.99. The van der Waals surface area contributed by atoms with Gasteiger partial charge in [-0.15, -0.1) is 0 Å². The van der Waals surface area contributed by atoms with Crippen molar-refractivity contribution in [3.63, 3.8) is 0 Å². The van der Waals surface area contributed by atoms with E-state index in [2.05, 4.69) is 34.9 Å². The molecule has 0 saturated heterocycles. The van der Waals surface area contributed by atoms with Gasteiger partial charge in [-0.1, -0.05) is 38.1 Å². The zero-order valence-corrected chi connectivity index (χ0v) is 18.6. The fraction of sp³-hybridized carbons (Fsp3) is 0.476. The summed E-state index contributed by atoms with van der Waals surface area (Å²) in [5, 5.41) is 2.53. The van der Waals surface area contributed by atoms with Crippen LogP contribution >= 0.6 is 0 Å². The Morgan fingerprint density at radius 2 is 1.66 bits per heavy atom. The molecule has 0 aliphatic heterocycles. The molecule has 1 heterocycles. The van der Waals surface area contributed by atoms with E-state index in [0.29, 0.717) is 6.54 Å². The van der Waals surface area contributed by atoms with Crippen LogP contribution in [-0.4, -0.2) is 37.9 Å². The van der Waals surface area contributed by atoms with E-state index in [-0.39, 0.29) is 10.9 Å². The number of carbonyl (C=O) groups is 1. The molecule has 1 amide bonds. The van der Waals surface area contributed by atoms with Crippen LogP contribution in [-0.2, 0) is 23.1 Å². The maximum absolute atomic E-state index is 12.5. The minimum atomic E-state index is -3.83. The minimum absolute atomic E-state index is 0.0412. The van der Waals surface area contributed by atoms with Gasteiger partial charge in [0.05, 0.1) is 0 Å². The van der Waals surface area contributed by atoms with Gasteiger partial charge in [-0.25, -0.2) is 13.1 Å².